The van der Waals surface area contributed by atoms with Gasteiger partial charge in [-0.3, -0.25) is 4.79 Å². The van der Waals surface area contributed by atoms with Crippen LogP contribution in [-0.2, 0) is 16.1 Å². The first-order valence-corrected chi connectivity index (χ1v) is 5.16. The number of halogens is 1. The van der Waals surface area contributed by atoms with E-state index in [0.717, 1.165) is 4.88 Å². The monoisotopic (exact) mass is 250 g/mol. The lowest BCUT2D eigenvalue weighted by Crippen LogP contribution is -2.43. The zero-order chi connectivity index (χ0) is 10.4. The molecule has 1 aromatic heterocycles. The average Bonchev–Trinajstić information content (AvgIpc) is 2.67. The smallest absolute Gasteiger partial charge is 0.239 e. The molecule has 0 aliphatic carbocycles. The quantitative estimate of drug-likeness (QED) is 0.811. The highest BCUT2D eigenvalue weighted by molar-refractivity contribution is 7.09. The molecule has 0 bridgehead atoms. The average molecular weight is 251 g/mol. The minimum absolute atomic E-state index is 0. The third kappa shape index (κ3) is 5.13. The van der Waals surface area contributed by atoms with E-state index in [-0.39, 0.29) is 24.9 Å². The van der Waals surface area contributed by atoms with Crippen LogP contribution < -0.4 is 11.1 Å². The van der Waals surface area contributed by atoms with Crippen molar-refractivity contribution >= 4 is 29.7 Å². The molecule has 1 atom stereocenters. The summed E-state index contributed by atoms with van der Waals surface area (Å²) >= 11 is 1.60. The van der Waals surface area contributed by atoms with Crippen molar-refractivity contribution in [2.75, 3.05) is 13.7 Å². The van der Waals surface area contributed by atoms with Crippen molar-refractivity contribution in [2.45, 2.75) is 12.6 Å². The zero-order valence-electron chi connectivity index (χ0n) is 8.43. The van der Waals surface area contributed by atoms with Gasteiger partial charge in [0.2, 0.25) is 5.91 Å². The fourth-order valence-corrected chi connectivity index (χ4v) is 1.62. The molecule has 1 unspecified atom stereocenters. The Labute approximate surface area is 99.2 Å². The molecule has 86 valence electrons. The van der Waals surface area contributed by atoms with Crippen LogP contribution in [0.3, 0.4) is 0 Å². The number of carbonyl (C=O) groups is 1. The van der Waals surface area contributed by atoms with Gasteiger partial charge in [-0.15, -0.1) is 23.7 Å². The fraction of sp³-hybridized carbons (Fsp3) is 0.444. The van der Waals surface area contributed by atoms with Crippen LogP contribution in [0.2, 0.25) is 0 Å². The Kier molecular flexibility index (Phi) is 7.33. The molecule has 1 heterocycles. The molecule has 1 rings (SSSR count). The van der Waals surface area contributed by atoms with E-state index >= 15 is 0 Å². The highest BCUT2D eigenvalue weighted by Gasteiger charge is 2.11. The Balaban J connectivity index is 0.00000196. The molecule has 0 saturated carbocycles. The van der Waals surface area contributed by atoms with Crippen LogP contribution in [0.4, 0.5) is 0 Å². The van der Waals surface area contributed by atoms with Crippen molar-refractivity contribution in [3.63, 3.8) is 0 Å². The van der Waals surface area contributed by atoms with Crippen molar-refractivity contribution < 1.29 is 9.53 Å². The predicted octanol–water partition coefficient (Wildman–Crippen LogP) is 0.760. The van der Waals surface area contributed by atoms with Gasteiger partial charge in [0.25, 0.3) is 0 Å². The first kappa shape index (κ1) is 14.4. The second-order valence-electron chi connectivity index (χ2n) is 2.86. The minimum Gasteiger partial charge on any atom is -0.383 e. The number of hydrogen-bond acceptors (Lipinski definition) is 4. The van der Waals surface area contributed by atoms with Crippen LogP contribution in [-0.4, -0.2) is 25.7 Å². The van der Waals surface area contributed by atoms with Crippen LogP contribution >= 0.6 is 23.7 Å². The first-order chi connectivity index (χ1) is 6.74. The number of thiophene rings is 1. The molecule has 1 aromatic rings. The summed E-state index contributed by atoms with van der Waals surface area (Å²) in [7, 11) is 1.52. The summed E-state index contributed by atoms with van der Waals surface area (Å²) in [6.07, 6.45) is 0. The Hall–Kier alpha value is -0.620. The first-order valence-electron chi connectivity index (χ1n) is 4.28. The third-order valence-electron chi connectivity index (χ3n) is 1.70. The Morgan fingerprint density at radius 3 is 3.00 bits per heavy atom. The number of carbonyl (C=O) groups excluding carboxylic acids is 1. The Morgan fingerprint density at radius 2 is 2.47 bits per heavy atom. The summed E-state index contributed by atoms with van der Waals surface area (Å²) < 4.78 is 4.78. The maximum atomic E-state index is 11.3. The van der Waals surface area contributed by atoms with Gasteiger partial charge in [-0.05, 0) is 11.4 Å². The van der Waals surface area contributed by atoms with Crippen LogP contribution in [0, 0.1) is 0 Å². The molecule has 6 heteroatoms. The molecule has 0 saturated heterocycles. The van der Waals surface area contributed by atoms with E-state index < -0.39 is 6.04 Å². The van der Waals surface area contributed by atoms with Gasteiger partial charge in [-0.25, -0.2) is 0 Å². The van der Waals surface area contributed by atoms with Gasteiger partial charge < -0.3 is 15.8 Å². The van der Waals surface area contributed by atoms with Gasteiger partial charge in [0, 0.05) is 12.0 Å². The maximum Gasteiger partial charge on any atom is 0.239 e. The number of ether oxygens (including phenoxy) is 1. The molecule has 1 amide bonds. The van der Waals surface area contributed by atoms with Crippen LogP contribution in [0.1, 0.15) is 4.88 Å². The maximum absolute atomic E-state index is 11.3. The molecule has 0 aliphatic rings. The number of hydrogen-bond donors (Lipinski definition) is 2. The standard InChI is InChI=1S/C9H14N2O2S.ClH/c1-13-6-8(10)9(12)11-5-7-3-2-4-14-7;/h2-4,8H,5-6,10H2,1H3,(H,11,12);1H. The van der Waals surface area contributed by atoms with Crippen molar-refractivity contribution in [1.29, 1.82) is 0 Å². The second kappa shape index (κ2) is 7.64. The SMILES string of the molecule is COCC(N)C(=O)NCc1cccs1.Cl. The van der Waals surface area contributed by atoms with Crippen LogP contribution in [0.5, 0.6) is 0 Å². The normalized spacial score (nSPS) is 11.6. The minimum atomic E-state index is -0.583. The van der Waals surface area contributed by atoms with Gasteiger partial charge in [0.05, 0.1) is 13.2 Å². The molecule has 0 aliphatic heterocycles. The summed E-state index contributed by atoms with van der Waals surface area (Å²) in [4.78, 5) is 12.4. The highest BCUT2D eigenvalue weighted by Crippen LogP contribution is 2.07. The van der Waals surface area contributed by atoms with E-state index in [1.807, 2.05) is 17.5 Å². The van der Waals surface area contributed by atoms with E-state index in [1.165, 1.54) is 7.11 Å². The molecule has 0 spiro atoms. The topological polar surface area (TPSA) is 64.3 Å². The number of methoxy groups -OCH3 is 1. The zero-order valence-corrected chi connectivity index (χ0v) is 10.1. The number of nitrogens with two attached hydrogens (primary N) is 1. The van der Waals surface area contributed by atoms with Gasteiger partial charge in [-0.1, -0.05) is 6.07 Å². The second-order valence-corrected chi connectivity index (χ2v) is 3.89. The molecule has 4 nitrogen and oxygen atoms in total. The number of rotatable bonds is 5. The molecular formula is C9H15ClN2O2S. The van der Waals surface area contributed by atoms with Crippen molar-refractivity contribution in [3.05, 3.63) is 22.4 Å². The van der Waals surface area contributed by atoms with Gasteiger partial charge in [0.1, 0.15) is 6.04 Å². The van der Waals surface area contributed by atoms with E-state index in [0.29, 0.717) is 6.54 Å². The van der Waals surface area contributed by atoms with Gasteiger partial charge in [0.15, 0.2) is 0 Å². The van der Waals surface area contributed by atoms with E-state index in [4.69, 9.17) is 10.5 Å². The van der Waals surface area contributed by atoms with Crippen LogP contribution in [0.25, 0.3) is 0 Å². The number of nitrogens with one attached hydrogen (secondary N) is 1. The molecule has 0 aromatic carbocycles. The molecule has 0 fully saturated rings. The number of amides is 1. The fourth-order valence-electron chi connectivity index (χ4n) is 0.974. The van der Waals surface area contributed by atoms with Gasteiger partial charge >= 0.3 is 0 Å². The van der Waals surface area contributed by atoms with E-state index in [9.17, 15) is 4.79 Å². The third-order valence-corrected chi connectivity index (χ3v) is 2.58. The van der Waals surface area contributed by atoms with E-state index in [2.05, 4.69) is 5.32 Å². The molecular weight excluding hydrogens is 236 g/mol. The summed E-state index contributed by atoms with van der Waals surface area (Å²) in [5.41, 5.74) is 5.53. The van der Waals surface area contributed by atoms with E-state index in [1.54, 1.807) is 11.3 Å². The summed E-state index contributed by atoms with van der Waals surface area (Å²) in [6, 6.07) is 3.33. The lowest BCUT2D eigenvalue weighted by molar-refractivity contribution is -0.123. The summed E-state index contributed by atoms with van der Waals surface area (Å²) in [5, 5.41) is 4.70. The van der Waals surface area contributed by atoms with Crippen molar-refractivity contribution in [1.82, 2.24) is 5.32 Å². The lowest BCUT2D eigenvalue weighted by atomic mass is 10.3. The Bertz CT molecular complexity index is 280. The van der Waals surface area contributed by atoms with Crippen molar-refractivity contribution in [2.24, 2.45) is 5.73 Å². The molecule has 3 N–H and O–H groups in total. The Morgan fingerprint density at radius 1 is 1.73 bits per heavy atom. The largest absolute Gasteiger partial charge is 0.383 e. The molecule has 15 heavy (non-hydrogen) atoms. The highest BCUT2D eigenvalue weighted by atomic mass is 35.5. The summed E-state index contributed by atoms with van der Waals surface area (Å²) in [6.45, 7) is 0.782. The van der Waals surface area contributed by atoms with Crippen molar-refractivity contribution in [3.8, 4) is 0 Å². The van der Waals surface area contributed by atoms with Gasteiger partial charge in [-0.2, -0.15) is 0 Å². The summed E-state index contributed by atoms with van der Waals surface area (Å²) in [5.74, 6) is -0.180. The molecule has 0 radical (unpaired) electrons. The lowest BCUT2D eigenvalue weighted by Gasteiger charge is -2.10. The predicted molar refractivity (Wildman–Crippen MR) is 63.3 cm³/mol. The van der Waals surface area contributed by atoms with Crippen LogP contribution in [0.15, 0.2) is 17.5 Å².